The van der Waals surface area contributed by atoms with Gasteiger partial charge in [0.25, 0.3) is 0 Å². The van der Waals surface area contributed by atoms with E-state index < -0.39 is 5.97 Å². The van der Waals surface area contributed by atoms with Gasteiger partial charge >= 0.3 is 5.97 Å². The first-order chi connectivity index (χ1) is 7.72. The van der Waals surface area contributed by atoms with Crippen molar-refractivity contribution in [2.24, 2.45) is 0 Å². The molecule has 0 spiro atoms. The molecule has 0 bridgehead atoms. The monoisotopic (exact) mass is 216 g/mol. The van der Waals surface area contributed by atoms with Crippen LogP contribution in [0.1, 0.15) is 21.5 Å². The number of rotatable bonds is 2. The van der Waals surface area contributed by atoms with Crippen LogP contribution in [0.2, 0.25) is 0 Å². The van der Waals surface area contributed by atoms with Crippen molar-refractivity contribution < 1.29 is 9.90 Å². The van der Waals surface area contributed by atoms with E-state index in [9.17, 15) is 4.79 Å². The van der Waals surface area contributed by atoms with Gasteiger partial charge in [-0.25, -0.2) is 4.79 Å². The molecule has 0 saturated heterocycles. The maximum absolute atomic E-state index is 11.0. The highest BCUT2D eigenvalue weighted by Gasteiger charge is 2.20. The highest BCUT2D eigenvalue weighted by molar-refractivity contribution is 5.89. The van der Waals surface area contributed by atoms with Gasteiger partial charge in [-0.3, -0.25) is 4.90 Å². The van der Waals surface area contributed by atoms with Crippen LogP contribution in [0.15, 0.2) is 18.2 Å². The molecule has 0 fully saturated rings. The maximum atomic E-state index is 11.0. The van der Waals surface area contributed by atoms with Crippen molar-refractivity contribution in [1.82, 2.24) is 4.90 Å². The zero-order chi connectivity index (χ0) is 11.5. The number of hydrogen-bond acceptors (Lipinski definition) is 3. The molecule has 1 heterocycles. The second-order valence-electron chi connectivity index (χ2n) is 3.87. The van der Waals surface area contributed by atoms with Gasteiger partial charge in [0.05, 0.1) is 18.2 Å². The first-order valence-electron chi connectivity index (χ1n) is 5.15. The van der Waals surface area contributed by atoms with Crippen LogP contribution in [-0.2, 0) is 13.0 Å². The van der Waals surface area contributed by atoms with Gasteiger partial charge in [-0.1, -0.05) is 12.1 Å². The van der Waals surface area contributed by atoms with Gasteiger partial charge in [0.2, 0.25) is 0 Å². The lowest BCUT2D eigenvalue weighted by Crippen LogP contribution is -2.31. The molecule has 1 aromatic carbocycles. The number of hydrogen-bond donors (Lipinski definition) is 1. The van der Waals surface area contributed by atoms with Gasteiger partial charge in [-0.15, -0.1) is 0 Å². The van der Waals surface area contributed by atoms with Gasteiger partial charge in [0, 0.05) is 13.1 Å². The van der Waals surface area contributed by atoms with Gasteiger partial charge < -0.3 is 5.11 Å². The minimum atomic E-state index is -0.870. The Bertz CT molecular complexity index is 463. The van der Waals surface area contributed by atoms with Crippen LogP contribution >= 0.6 is 0 Å². The number of nitriles is 1. The molecule has 82 valence electrons. The summed E-state index contributed by atoms with van der Waals surface area (Å²) in [5.74, 6) is -0.870. The van der Waals surface area contributed by atoms with Crippen LogP contribution in [0.3, 0.4) is 0 Å². The van der Waals surface area contributed by atoms with E-state index in [-0.39, 0.29) is 0 Å². The van der Waals surface area contributed by atoms with Gasteiger partial charge in [-0.2, -0.15) is 5.26 Å². The van der Waals surface area contributed by atoms with E-state index >= 15 is 0 Å². The van der Waals surface area contributed by atoms with Crippen molar-refractivity contribution in [2.45, 2.75) is 13.0 Å². The summed E-state index contributed by atoms with van der Waals surface area (Å²) in [6.07, 6.45) is 0.708. The van der Waals surface area contributed by atoms with Crippen LogP contribution in [0, 0.1) is 11.3 Å². The van der Waals surface area contributed by atoms with E-state index in [1.165, 1.54) is 0 Å². The molecule has 4 heteroatoms. The minimum Gasteiger partial charge on any atom is -0.478 e. The fourth-order valence-corrected chi connectivity index (χ4v) is 2.10. The number of carboxylic acids is 1. The average molecular weight is 216 g/mol. The molecule has 0 saturated carbocycles. The minimum absolute atomic E-state index is 0.397. The van der Waals surface area contributed by atoms with E-state index in [0.29, 0.717) is 25.1 Å². The Hall–Kier alpha value is -1.86. The predicted molar refractivity (Wildman–Crippen MR) is 58.0 cm³/mol. The Labute approximate surface area is 93.7 Å². The lowest BCUT2D eigenvalue weighted by molar-refractivity contribution is 0.0694. The SMILES string of the molecule is N#CCN1CCc2c(cccc2C(=O)O)C1. The summed E-state index contributed by atoms with van der Waals surface area (Å²) in [6.45, 7) is 1.83. The Morgan fingerprint density at radius 2 is 2.38 bits per heavy atom. The average Bonchev–Trinajstić information content (AvgIpc) is 2.28. The first-order valence-corrected chi connectivity index (χ1v) is 5.15. The maximum Gasteiger partial charge on any atom is 0.335 e. The van der Waals surface area contributed by atoms with Crippen molar-refractivity contribution in [3.05, 3.63) is 34.9 Å². The molecule has 0 aliphatic carbocycles. The van der Waals surface area contributed by atoms with Crippen LogP contribution in [0.4, 0.5) is 0 Å². The second-order valence-corrected chi connectivity index (χ2v) is 3.87. The lowest BCUT2D eigenvalue weighted by Gasteiger charge is -2.27. The standard InChI is InChI=1S/C12H12N2O2/c13-5-7-14-6-4-10-9(8-14)2-1-3-11(10)12(15)16/h1-3H,4,6-8H2,(H,15,16). The number of benzene rings is 1. The van der Waals surface area contributed by atoms with E-state index in [0.717, 1.165) is 17.7 Å². The van der Waals surface area contributed by atoms with Gasteiger partial charge in [-0.05, 0) is 23.6 Å². The Kier molecular flexibility index (Phi) is 2.88. The molecule has 1 aromatic rings. The van der Waals surface area contributed by atoms with Crippen LogP contribution in [0.5, 0.6) is 0 Å². The van der Waals surface area contributed by atoms with Crippen LogP contribution in [-0.4, -0.2) is 29.1 Å². The highest BCUT2D eigenvalue weighted by atomic mass is 16.4. The molecular formula is C12H12N2O2. The summed E-state index contributed by atoms with van der Waals surface area (Å²) in [5.41, 5.74) is 2.35. The zero-order valence-electron chi connectivity index (χ0n) is 8.81. The summed E-state index contributed by atoms with van der Waals surface area (Å²) in [5, 5.41) is 17.7. The van der Waals surface area contributed by atoms with E-state index in [1.54, 1.807) is 12.1 Å². The molecule has 4 nitrogen and oxygen atoms in total. The summed E-state index contributed by atoms with van der Waals surface area (Å²) in [7, 11) is 0. The third-order valence-corrected chi connectivity index (χ3v) is 2.87. The second kappa shape index (κ2) is 4.33. The zero-order valence-corrected chi connectivity index (χ0v) is 8.81. The summed E-state index contributed by atoms with van der Waals surface area (Å²) < 4.78 is 0. The normalized spacial score (nSPS) is 15.2. The molecule has 1 N–H and O–H groups in total. The van der Waals surface area contributed by atoms with Gasteiger partial charge in [0.15, 0.2) is 0 Å². The number of fused-ring (bicyclic) bond motifs is 1. The fourth-order valence-electron chi connectivity index (χ4n) is 2.10. The highest BCUT2D eigenvalue weighted by Crippen LogP contribution is 2.22. The molecule has 0 radical (unpaired) electrons. The molecule has 0 aromatic heterocycles. The quantitative estimate of drug-likeness (QED) is 0.756. The van der Waals surface area contributed by atoms with Crippen molar-refractivity contribution in [2.75, 3.05) is 13.1 Å². The molecule has 0 amide bonds. The number of carboxylic acid groups (broad SMARTS) is 1. The topological polar surface area (TPSA) is 64.3 Å². The van der Waals surface area contributed by atoms with E-state index in [4.69, 9.17) is 10.4 Å². The number of nitrogens with zero attached hydrogens (tertiary/aromatic N) is 2. The van der Waals surface area contributed by atoms with E-state index in [2.05, 4.69) is 6.07 Å². The first kappa shape index (κ1) is 10.7. The van der Waals surface area contributed by atoms with E-state index in [1.807, 2.05) is 11.0 Å². The predicted octanol–water partition coefficient (Wildman–Crippen LogP) is 1.27. The molecule has 16 heavy (non-hydrogen) atoms. The molecule has 2 rings (SSSR count). The third kappa shape index (κ3) is 1.90. The third-order valence-electron chi connectivity index (χ3n) is 2.87. The number of carbonyl (C=O) groups is 1. The van der Waals surface area contributed by atoms with Gasteiger partial charge in [0.1, 0.15) is 0 Å². The molecule has 1 aliphatic rings. The van der Waals surface area contributed by atoms with Crippen LogP contribution in [0.25, 0.3) is 0 Å². The van der Waals surface area contributed by atoms with Crippen molar-refractivity contribution in [1.29, 1.82) is 5.26 Å². The number of aromatic carboxylic acids is 1. The Morgan fingerprint density at radius 3 is 3.06 bits per heavy atom. The Balaban J connectivity index is 2.31. The largest absolute Gasteiger partial charge is 0.478 e. The molecule has 1 aliphatic heterocycles. The molecule has 0 unspecified atom stereocenters. The summed E-state index contributed by atoms with van der Waals surface area (Å²) in [6, 6.07) is 7.45. The van der Waals surface area contributed by atoms with Crippen molar-refractivity contribution in [3.63, 3.8) is 0 Å². The fraction of sp³-hybridized carbons (Fsp3) is 0.333. The van der Waals surface area contributed by atoms with Crippen molar-refractivity contribution >= 4 is 5.97 Å². The smallest absolute Gasteiger partial charge is 0.335 e. The summed E-state index contributed by atoms with van der Waals surface area (Å²) in [4.78, 5) is 13.0. The molecule has 0 atom stereocenters. The lowest BCUT2D eigenvalue weighted by atomic mass is 9.94. The summed E-state index contributed by atoms with van der Waals surface area (Å²) >= 11 is 0. The Morgan fingerprint density at radius 1 is 1.56 bits per heavy atom. The van der Waals surface area contributed by atoms with Crippen LogP contribution < -0.4 is 0 Å². The van der Waals surface area contributed by atoms with Crippen molar-refractivity contribution in [3.8, 4) is 6.07 Å². The molecular weight excluding hydrogens is 204 g/mol.